The quantitative estimate of drug-likeness (QED) is 0.752. The summed E-state index contributed by atoms with van der Waals surface area (Å²) in [4.78, 5) is 24.4. The van der Waals surface area contributed by atoms with Crippen molar-refractivity contribution < 1.29 is 19.1 Å². The lowest BCUT2D eigenvalue weighted by atomic mass is 9.85. The molecule has 1 N–H and O–H groups in total. The highest BCUT2D eigenvalue weighted by atomic mass is 16.6. The van der Waals surface area contributed by atoms with Gasteiger partial charge in [0.2, 0.25) is 0 Å². The summed E-state index contributed by atoms with van der Waals surface area (Å²) in [5.74, 6) is 0.631. The molecule has 30 heavy (non-hydrogen) atoms. The molecule has 0 radical (unpaired) electrons. The Morgan fingerprint density at radius 1 is 1.07 bits per heavy atom. The van der Waals surface area contributed by atoms with Gasteiger partial charge in [-0.05, 0) is 72.9 Å². The van der Waals surface area contributed by atoms with E-state index in [0.717, 1.165) is 31.5 Å². The van der Waals surface area contributed by atoms with Crippen LogP contribution in [0, 0.1) is 0 Å². The number of pyridine rings is 1. The number of alkyl carbamates (subject to hydrolysis) is 1. The number of amides is 1. The third-order valence-corrected chi connectivity index (χ3v) is 4.83. The summed E-state index contributed by atoms with van der Waals surface area (Å²) in [6, 6.07) is 3.46. The minimum atomic E-state index is -0.555. The molecule has 3 rings (SSSR count). The Balaban J connectivity index is 1.72. The van der Waals surface area contributed by atoms with Crippen LogP contribution in [0.25, 0.3) is 5.65 Å². The fourth-order valence-electron chi connectivity index (χ4n) is 3.68. The number of carbonyl (C=O) groups is 2. The Kier molecular flexibility index (Phi) is 6.06. The largest absolute Gasteiger partial charge is 0.456 e. The lowest BCUT2D eigenvalue weighted by Crippen LogP contribution is -2.41. The molecule has 1 aliphatic rings. The second-order valence-electron chi connectivity index (χ2n) is 9.91. The molecule has 0 bridgehead atoms. The van der Waals surface area contributed by atoms with Gasteiger partial charge in [0.05, 0.1) is 5.56 Å². The first-order valence-electron chi connectivity index (χ1n) is 10.5. The second-order valence-corrected chi connectivity index (χ2v) is 9.91. The van der Waals surface area contributed by atoms with Crippen LogP contribution >= 0.6 is 0 Å². The number of carbonyl (C=O) groups excluding carboxylic acids is 2. The van der Waals surface area contributed by atoms with Gasteiger partial charge in [0.15, 0.2) is 5.65 Å². The molecular formula is C22H32N4O4. The number of nitrogens with one attached hydrogen (secondary N) is 1. The van der Waals surface area contributed by atoms with E-state index >= 15 is 0 Å². The lowest BCUT2D eigenvalue weighted by Gasteiger charge is -2.30. The molecule has 0 unspecified atom stereocenters. The predicted molar refractivity (Wildman–Crippen MR) is 113 cm³/mol. The number of ether oxygens (including phenoxy) is 2. The number of esters is 1. The van der Waals surface area contributed by atoms with Crippen LogP contribution in [-0.2, 0) is 9.47 Å². The van der Waals surface area contributed by atoms with Crippen LogP contribution in [0.15, 0.2) is 18.3 Å². The first kappa shape index (κ1) is 22.1. The molecule has 0 spiro atoms. The maximum atomic E-state index is 12.3. The molecule has 1 saturated carbocycles. The van der Waals surface area contributed by atoms with E-state index in [1.807, 2.05) is 52.1 Å². The highest BCUT2D eigenvalue weighted by molar-refractivity contribution is 5.90. The Labute approximate surface area is 177 Å². The Hall–Kier alpha value is -2.64. The molecule has 2 aromatic rings. The maximum Gasteiger partial charge on any atom is 0.407 e. The van der Waals surface area contributed by atoms with Gasteiger partial charge in [-0.25, -0.2) is 9.59 Å². The zero-order chi connectivity index (χ0) is 22.1. The topological polar surface area (TPSA) is 94.8 Å². The molecule has 1 amide bonds. The minimum absolute atomic E-state index is 0.0342. The number of aromatic nitrogens is 3. The first-order chi connectivity index (χ1) is 13.9. The molecule has 1 fully saturated rings. The summed E-state index contributed by atoms with van der Waals surface area (Å²) in [5.41, 5.74) is -0.0203. The van der Waals surface area contributed by atoms with Crippen LogP contribution in [0.4, 0.5) is 4.79 Å². The zero-order valence-electron chi connectivity index (χ0n) is 18.7. The summed E-state index contributed by atoms with van der Waals surface area (Å²) >= 11 is 0. The standard InChI is InChI=1S/C22H32N4O4/c1-21(2,3)29-19(27)15-10-11-26-17(13-15)24-25-18(26)14-8-7-9-16(12-14)23-20(28)30-22(4,5)6/h10-11,13-14,16H,7-9,12H2,1-6H3,(H,23,28)/t14-,16+/m0/s1. The first-order valence-corrected chi connectivity index (χ1v) is 10.5. The fourth-order valence-corrected chi connectivity index (χ4v) is 3.68. The van der Waals surface area contributed by atoms with Crippen LogP contribution in [0.3, 0.4) is 0 Å². The van der Waals surface area contributed by atoms with Crippen molar-refractivity contribution in [2.24, 2.45) is 0 Å². The van der Waals surface area contributed by atoms with Gasteiger partial charge in [-0.2, -0.15) is 0 Å². The van der Waals surface area contributed by atoms with E-state index in [4.69, 9.17) is 9.47 Å². The van der Waals surface area contributed by atoms with Gasteiger partial charge < -0.3 is 14.8 Å². The molecule has 0 aliphatic heterocycles. The van der Waals surface area contributed by atoms with E-state index in [1.165, 1.54) is 0 Å². The highest BCUT2D eigenvalue weighted by Crippen LogP contribution is 2.32. The van der Waals surface area contributed by atoms with Gasteiger partial charge in [0.1, 0.15) is 17.0 Å². The van der Waals surface area contributed by atoms with Gasteiger partial charge in [0.25, 0.3) is 0 Å². The van der Waals surface area contributed by atoms with E-state index in [-0.39, 0.29) is 24.0 Å². The van der Waals surface area contributed by atoms with Crippen molar-refractivity contribution in [3.05, 3.63) is 29.7 Å². The van der Waals surface area contributed by atoms with Crippen molar-refractivity contribution >= 4 is 17.7 Å². The monoisotopic (exact) mass is 416 g/mol. The molecule has 2 heterocycles. The number of hydrogen-bond donors (Lipinski definition) is 1. The summed E-state index contributed by atoms with van der Waals surface area (Å²) in [6.07, 6.45) is 5.07. The normalized spacial score (nSPS) is 20.1. The van der Waals surface area contributed by atoms with E-state index in [2.05, 4.69) is 15.5 Å². The maximum absolute atomic E-state index is 12.3. The summed E-state index contributed by atoms with van der Waals surface area (Å²) < 4.78 is 12.7. The van der Waals surface area contributed by atoms with Crippen molar-refractivity contribution in [1.82, 2.24) is 19.9 Å². The molecule has 0 aromatic carbocycles. The summed E-state index contributed by atoms with van der Waals surface area (Å²) in [5, 5.41) is 11.6. The number of hydrogen-bond acceptors (Lipinski definition) is 6. The second kappa shape index (κ2) is 8.24. The van der Waals surface area contributed by atoms with Crippen LogP contribution in [0.1, 0.15) is 89.3 Å². The van der Waals surface area contributed by atoms with Crippen molar-refractivity contribution in [1.29, 1.82) is 0 Å². The van der Waals surface area contributed by atoms with E-state index in [0.29, 0.717) is 11.2 Å². The Bertz CT molecular complexity index is 923. The molecule has 164 valence electrons. The minimum Gasteiger partial charge on any atom is -0.456 e. The average molecular weight is 417 g/mol. The van der Waals surface area contributed by atoms with Crippen LogP contribution in [0.2, 0.25) is 0 Å². The van der Waals surface area contributed by atoms with Crippen LogP contribution in [-0.4, -0.2) is 43.9 Å². The average Bonchev–Trinajstić information content (AvgIpc) is 3.02. The molecule has 2 aromatic heterocycles. The number of nitrogens with zero attached hydrogens (tertiary/aromatic N) is 3. The Morgan fingerprint density at radius 3 is 2.43 bits per heavy atom. The highest BCUT2D eigenvalue weighted by Gasteiger charge is 2.29. The fraction of sp³-hybridized carbons (Fsp3) is 0.636. The SMILES string of the molecule is CC(C)(C)OC(=O)N[C@@H]1CCC[C@H](c2nnc3cc(C(=O)OC(C)(C)C)ccn23)C1. The van der Waals surface area contributed by atoms with E-state index < -0.39 is 11.2 Å². The molecule has 1 aliphatic carbocycles. The van der Waals surface area contributed by atoms with Crippen molar-refractivity contribution in [2.45, 2.75) is 90.4 Å². The number of rotatable bonds is 3. The van der Waals surface area contributed by atoms with E-state index in [9.17, 15) is 9.59 Å². The third kappa shape index (κ3) is 5.70. The molecular weight excluding hydrogens is 384 g/mol. The van der Waals surface area contributed by atoms with E-state index in [1.54, 1.807) is 12.1 Å². The van der Waals surface area contributed by atoms with Gasteiger partial charge >= 0.3 is 12.1 Å². The third-order valence-electron chi connectivity index (χ3n) is 4.83. The molecule has 0 saturated heterocycles. The smallest absolute Gasteiger partial charge is 0.407 e. The molecule has 2 atom stereocenters. The number of fused-ring (bicyclic) bond motifs is 1. The van der Waals surface area contributed by atoms with Gasteiger partial charge in [-0.1, -0.05) is 6.42 Å². The van der Waals surface area contributed by atoms with Crippen molar-refractivity contribution in [3.63, 3.8) is 0 Å². The van der Waals surface area contributed by atoms with Crippen molar-refractivity contribution in [3.8, 4) is 0 Å². The van der Waals surface area contributed by atoms with Gasteiger partial charge in [-0.3, -0.25) is 4.40 Å². The lowest BCUT2D eigenvalue weighted by molar-refractivity contribution is 0.00691. The molecule has 8 heteroatoms. The van der Waals surface area contributed by atoms with Gasteiger partial charge in [-0.15, -0.1) is 10.2 Å². The van der Waals surface area contributed by atoms with Crippen molar-refractivity contribution in [2.75, 3.05) is 0 Å². The summed E-state index contributed by atoms with van der Waals surface area (Å²) in [7, 11) is 0. The predicted octanol–water partition coefficient (Wildman–Crippen LogP) is 4.24. The zero-order valence-corrected chi connectivity index (χ0v) is 18.7. The van der Waals surface area contributed by atoms with Crippen LogP contribution < -0.4 is 5.32 Å². The summed E-state index contributed by atoms with van der Waals surface area (Å²) in [6.45, 7) is 11.1. The van der Waals surface area contributed by atoms with Crippen LogP contribution in [0.5, 0.6) is 0 Å². The molecule has 8 nitrogen and oxygen atoms in total. The Morgan fingerprint density at radius 2 is 1.77 bits per heavy atom. The van der Waals surface area contributed by atoms with Gasteiger partial charge in [0, 0.05) is 18.2 Å².